The minimum absolute atomic E-state index is 0.0754. The highest BCUT2D eigenvalue weighted by Crippen LogP contribution is 2.31. The number of nitrogens with zero attached hydrogens (tertiary/aromatic N) is 1. The molecule has 3 aromatic rings. The predicted molar refractivity (Wildman–Crippen MR) is 132 cm³/mol. The quantitative estimate of drug-likeness (QED) is 0.381. The van der Waals surface area contributed by atoms with Crippen LogP contribution >= 0.6 is 11.3 Å². The maximum absolute atomic E-state index is 12.3. The van der Waals surface area contributed by atoms with Gasteiger partial charge in [0, 0.05) is 23.4 Å². The van der Waals surface area contributed by atoms with E-state index in [9.17, 15) is 9.90 Å². The minimum atomic E-state index is 0.0754. The Hall–Kier alpha value is -3.24. The molecule has 0 radical (unpaired) electrons. The molecule has 1 heterocycles. The summed E-state index contributed by atoms with van der Waals surface area (Å²) in [6.45, 7) is 0.433. The van der Waals surface area contributed by atoms with E-state index in [1.807, 2.05) is 30.3 Å². The first kappa shape index (κ1) is 22.0. The van der Waals surface area contributed by atoms with Gasteiger partial charge in [-0.2, -0.15) is 0 Å². The summed E-state index contributed by atoms with van der Waals surface area (Å²) in [5.74, 6) is 6.97. The zero-order valence-corrected chi connectivity index (χ0v) is 18.8. The zero-order valence-electron chi connectivity index (χ0n) is 18.0. The second kappa shape index (κ2) is 10.4. The third-order valence-electron chi connectivity index (χ3n) is 5.76. The summed E-state index contributed by atoms with van der Waals surface area (Å²) in [5, 5.41) is 16.8. The number of phenolic OH excluding ortho intramolecular Hbond substituents is 1. The van der Waals surface area contributed by atoms with E-state index in [2.05, 4.69) is 27.5 Å². The Balaban J connectivity index is 1.28. The standard InChI is InChI=1S/C25H28N4O2S/c26-25-29-24-21(30)14-18(15-22(24)32-25)8-5-13-27-19-9-4-10-20(16-19)28-23(31)12-11-17-6-2-1-3-7-17/h4,9-10,14-17,27,30H,1-3,6-7,11-13H2,(H2,26,29)(H,28,31). The molecule has 7 heteroatoms. The molecule has 0 spiro atoms. The molecule has 1 fully saturated rings. The molecule has 2 aromatic carbocycles. The maximum atomic E-state index is 12.3. The predicted octanol–water partition coefficient (Wildman–Crippen LogP) is 5.35. The van der Waals surface area contributed by atoms with Crippen molar-refractivity contribution in [2.24, 2.45) is 5.92 Å². The molecule has 0 saturated heterocycles. The van der Waals surface area contributed by atoms with Crippen molar-refractivity contribution < 1.29 is 9.90 Å². The van der Waals surface area contributed by atoms with Crippen molar-refractivity contribution in [1.82, 2.24) is 4.98 Å². The van der Waals surface area contributed by atoms with Crippen molar-refractivity contribution in [1.29, 1.82) is 0 Å². The van der Waals surface area contributed by atoms with Crippen LogP contribution in [0, 0.1) is 17.8 Å². The fourth-order valence-electron chi connectivity index (χ4n) is 4.14. The smallest absolute Gasteiger partial charge is 0.224 e. The summed E-state index contributed by atoms with van der Waals surface area (Å²) >= 11 is 1.32. The van der Waals surface area contributed by atoms with Gasteiger partial charge in [0.2, 0.25) is 5.91 Å². The average molecular weight is 449 g/mol. The Kier molecular flexibility index (Phi) is 7.13. The summed E-state index contributed by atoms with van der Waals surface area (Å²) in [6, 6.07) is 11.1. The molecule has 0 aliphatic heterocycles. The van der Waals surface area contributed by atoms with Crippen LogP contribution < -0.4 is 16.4 Å². The van der Waals surface area contributed by atoms with Crippen molar-refractivity contribution in [3.63, 3.8) is 0 Å². The number of carbonyl (C=O) groups excluding carboxylic acids is 1. The number of phenols is 1. The lowest BCUT2D eigenvalue weighted by Crippen LogP contribution is -2.15. The lowest BCUT2D eigenvalue weighted by atomic mass is 9.86. The molecular weight excluding hydrogens is 420 g/mol. The number of nitrogens with one attached hydrogen (secondary N) is 2. The van der Waals surface area contributed by atoms with Gasteiger partial charge in [0.05, 0.1) is 11.2 Å². The van der Waals surface area contributed by atoms with Gasteiger partial charge in [-0.25, -0.2) is 4.98 Å². The van der Waals surface area contributed by atoms with Crippen LogP contribution in [-0.4, -0.2) is 22.5 Å². The number of fused-ring (bicyclic) bond motifs is 1. The Bertz CT molecular complexity index is 1160. The van der Waals surface area contributed by atoms with E-state index in [1.165, 1.54) is 43.4 Å². The SMILES string of the molecule is Nc1nc2c(O)cc(C#CCNc3cccc(NC(=O)CCC4CCCCC4)c3)cc2s1. The molecule has 32 heavy (non-hydrogen) atoms. The first-order valence-electron chi connectivity index (χ1n) is 11.1. The van der Waals surface area contributed by atoms with Gasteiger partial charge in [-0.05, 0) is 42.7 Å². The van der Waals surface area contributed by atoms with Crippen LogP contribution in [0.2, 0.25) is 0 Å². The Morgan fingerprint density at radius 2 is 2.00 bits per heavy atom. The third-order valence-corrected chi connectivity index (χ3v) is 6.59. The molecule has 6 nitrogen and oxygen atoms in total. The van der Waals surface area contributed by atoms with Gasteiger partial charge in [0.25, 0.3) is 0 Å². The fourth-order valence-corrected chi connectivity index (χ4v) is 4.93. The number of hydrogen-bond donors (Lipinski definition) is 4. The van der Waals surface area contributed by atoms with Gasteiger partial charge in [-0.15, -0.1) is 0 Å². The topological polar surface area (TPSA) is 100 Å². The normalized spacial score (nSPS) is 14.0. The summed E-state index contributed by atoms with van der Waals surface area (Å²) in [4.78, 5) is 16.4. The molecule has 5 N–H and O–H groups in total. The van der Waals surface area contributed by atoms with Crippen LogP contribution in [0.5, 0.6) is 5.75 Å². The highest BCUT2D eigenvalue weighted by Gasteiger charge is 2.15. The van der Waals surface area contributed by atoms with Crippen molar-refractivity contribution in [2.45, 2.75) is 44.9 Å². The van der Waals surface area contributed by atoms with E-state index >= 15 is 0 Å². The monoisotopic (exact) mass is 448 g/mol. The highest BCUT2D eigenvalue weighted by atomic mass is 32.1. The number of nitrogen functional groups attached to an aromatic ring is 1. The van der Waals surface area contributed by atoms with Crippen LogP contribution in [0.25, 0.3) is 10.2 Å². The van der Waals surface area contributed by atoms with Gasteiger partial charge in [0.1, 0.15) is 11.3 Å². The molecule has 1 aromatic heterocycles. The second-order valence-electron chi connectivity index (χ2n) is 8.22. The lowest BCUT2D eigenvalue weighted by molar-refractivity contribution is -0.116. The molecule has 4 rings (SSSR count). The number of hydrogen-bond acceptors (Lipinski definition) is 6. The molecule has 1 saturated carbocycles. The summed E-state index contributed by atoms with van der Waals surface area (Å²) in [6.07, 6.45) is 8.03. The summed E-state index contributed by atoms with van der Waals surface area (Å²) < 4.78 is 0.812. The van der Waals surface area contributed by atoms with E-state index < -0.39 is 0 Å². The van der Waals surface area contributed by atoms with Crippen LogP contribution in [0.3, 0.4) is 0 Å². The van der Waals surface area contributed by atoms with Crippen molar-refractivity contribution in [2.75, 3.05) is 22.9 Å². The number of amides is 1. The van der Waals surface area contributed by atoms with Gasteiger partial charge >= 0.3 is 0 Å². The van der Waals surface area contributed by atoms with E-state index in [-0.39, 0.29) is 11.7 Å². The number of nitrogens with two attached hydrogens (primary N) is 1. The summed E-state index contributed by atoms with van der Waals surface area (Å²) in [7, 11) is 0. The Morgan fingerprint density at radius 3 is 2.84 bits per heavy atom. The van der Waals surface area contributed by atoms with E-state index in [1.54, 1.807) is 6.07 Å². The van der Waals surface area contributed by atoms with Gasteiger partial charge in [-0.1, -0.05) is 61.3 Å². The lowest BCUT2D eigenvalue weighted by Gasteiger charge is -2.21. The number of benzene rings is 2. The van der Waals surface area contributed by atoms with Gasteiger partial charge in [-0.3, -0.25) is 4.79 Å². The Labute approximate surface area is 192 Å². The second-order valence-corrected chi connectivity index (χ2v) is 9.28. The molecule has 0 bridgehead atoms. The third kappa shape index (κ3) is 5.92. The summed E-state index contributed by atoms with van der Waals surface area (Å²) in [5.41, 5.74) is 8.60. The van der Waals surface area contributed by atoms with E-state index in [0.29, 0.717) is 35.1 Å². The van der Waals surface area contributed by atoms with Crippen LogP contribution in [-0.2, 0) is 4.79 Å². The molecule has 1 aliphatic carbocycles. The molecule has 0 unspecified atom stereocenters. The Morgan fingerprint density at radius 1 is 1.19 bits per heavy atom. The number of carbonyl (C=O) groups is 1. The van der Waals surface area contributed by atoms with Gasteiger partial charge in [0.15, 0.2) is 5.13 Å². The van der Waals surface area contributed by atoms with Crippen LogP contribution in [0.1, 0.15) is 50.5 Å². The van der Waals surface area contributed by atoms with Crippen molar-refractivity contribution >= 4 is 44.0 Å². The largest absolute Gasteiger partial charge is 0.506 e. The van der Waals surface area contributed by atoms with Crippen LogP contribution in [0.15, 0.2) is 36.4 Å². The molecular formula is C25H28N4O2S. The average Bonchev–Trinajstić information content (AvgIpc) is 3.17. The zero-order chi connectivity index (χ0) is 22.3. The molecule has 1 amide bonds. The number of rotatable bonds is 6. The van der Waals surface area contributed by atoms with Crippen molar-refractivity contribution in [3.8, 4) is 17.6 Å². The molecule has 166 valence electrons. The molecule has 1 aliphatic rings. The number of anilines is 3. The van der Waals surface area contributed by atoms with Gasteiger partial charge < -0.3 is 21.5 Å². The highest BCUT2D eigenvalue weighted by molar-refractivity contribution is 7.22. The van der Waals surface area contributed by atoms with E-state index in [0.717, 1.165) is 22.5 Å². The first-order chi connectivity index (χ1) is 15.6. The first-order valence-corrected chi connectivity index (χ1v) is 11.9. The minimum Gasteiger partial charge on any atom is -0.506 e. The number of aromatic hydroxyl groups is 1. The van der Waals surface area contributed by atoms with Crippen LogP contribution in [0.4, 0.5) is 16.5 Å². The van der Waals surface area contributed by atoms with E-state index in [4.69, 9.17) is 5.73 Å². The van der Waals surface area contributed by atoms with Crippen molar-refractivity contribution in [3.05, 3.63) is 42.0 Å². The molecule has 0 atom stereocenters. The number of thiazole rings is 1. The maximum Gasteiger partial charge on any atom is 0.224 e. The number of aromatic nitrogens is 1. The fraction of sp³-hybridized carbons (Fsp3) is 0.360.